The molecule has 5 rings (SSSR count). The van der Waals surface area contributed by atoms with Gasteiger partial charge in [0.2, 0.25) is 10.0 Å². The molecule has 0 saturated carbocycles. The number of hydrogen-bond acceptors (Lipinski definition) is 2. The second kappa shape index (κ2) is 8.03. The third kappa shape index (κ3) is 3.43. The molecule has 0 amide bonds. The van der Waals surface area contributed by atoms with Crippen molar-refractivity contribution in [1.82, 2.24) is 9.29 Å². The van der Waals surface area contributed by atoms with Crippen molar-refractivity contribution in [3.05, 3.63) is 112 Å². The van der Waals surface area contributed by atoms with Gasteiger partial charge in [-0.25, -0.2) is 8.42 Å². The van der Waals surface area contributed by atoms with Crippen LogP contribution in [0.15, 0.2) is 94.8 Å². The van der Waals surface area contributed by atoms with Gasteiger partial charge >= 0.3 is 0 Å². The van der Waals surface area contributed by atoms with E-state index in [-0.39, 0.29) is 5.92 Å². The summed E-state index contributed by atoms with van der Waals surface area (Å²) < 4.78 is 30.4. The average molecular weight is 507 g/mol. The van der Waals surface area contributed by atoms with Crippen LogP contribution in [0.25, 0.3) is 10.9 Å². The number of rotatable bonds is 4. The number of nitrogens with one attached hydrogen (secondary N) is 1. The van der Waals surface area contributed by atoms with Gasteiger partial charge in [-0.3, -0.25) is 0 Å². The molecule has 32 heavy (non-hydrogen) atoms. The molecule has 1 aliphatic rings. The van der Waals surface area contributed by atoms with Crippen LogP contribution in [-0.4, -0.2) is 24.3 Å². The lowest BCUT2D eigenvalue weighted by Gasteiger charge is -2.38. The van der Waals surface area contributed by atoms with Gasteiger partial charge in [0, 0.05) is 33.5 Å². The van der Waals surface area contributed by atoms with E-state index in [9.17, 15) is 8.42 Å². The quantitative estimate of drug-likeness (QED) is 0.330. The summed E-state index contributed by atoms with van der Waals surface area (Å²) in [4.78, 5) is 3.84. The smallest absolute Gasteiger partial charge is 0.244 e. The van der Waals surface area contributed by atoms with Crippen LogP contribution >= 0.6 is 15.9 Å². The number of aromatic amines is 1. The zero-order valence-corrected chi connectivity index (χ0v) is 20.0. The number of H-pyrrole nitrogens is 1. The van der Waals surface area contributed by atoms with E-state index < -0.39 is 16.1 Å². The molecular formula is C26H23BrN2O2S. The molecule has 1 N–H and O–H groups in total. The van der Waals surface area contributed by atoms with E-state index in [4.69, 9.17) is 0 Å². The van der Waals surface area contributed by atoms with Gasteiger partial charge < -0.3 is 4.98 Å². The minimum Gasteiger partial charge on any atom is -0.357 e. The van der Waals surface area contributed by atoms with Crippen LogP contribution in [0.3, 0.4) is 0 Å². The monoisotopic (exact) mass is 506 g/mol. The molecule has 0 aliphatic carbocycles. The molecule has 0 spiro atoms. The average Bonchev–Trinajstić information content (AvgIpc) is 3.18. The Bertz CT molecular complexity index is 1410. The molecular weight excluding hydrogens is 484 g/mol. The van der Waals surface area contributed by atoms with Crippen LogP contribution in [0.1, 0.15) is 34.3 Å². The van der Waals surface area contributed by atoms with Gasteiger partial charge in [0.15, 0.2) is 0 Å². The Morgan fingerprint density at radius 1 is 1.03 bits per heavy atom. The van der Waals surface area contributed by atoms with E-state index in [1.807, 2.05) is 67.6 Å². The SMILES string of the molecule is C=C[C@H]1CN(S(=O)(=O)c2ccc(C)cc2)[C@@H](c2ccc(Br)cc2)c2[nH]c3ccccc3c21. The van der Waals surface area contributed by atoms with Crippen LogP contribution in [0.5, 0.6) is 0 Å². The van der Waals surface area contributed by atoms with E-state index >= 15 is 0 Å². The molecule has 6 heteroatoms. The van der Waals surface area contributed by atoms with E-state index in [1.54, 1.807) is 16.4 Å². The van der Waals surface area contributed by atoms with Crippen molar-refractivity contribution in [2.24, 2.45) is 0 Å². The minimum atomic E-state index is -3.76. The zero-order chi connectivity index (χ0) is 22.5. The molecule has 0 unspecified atom stereocenters. The topological polar surface area (TPSA) is 53.2 Å². The molecule has 1 aromatic heterocycles. The first kappa shape index (κ1) is 21.2. The number of sulfonamides is 1. The Balaban J connectivity index is 1.76. The third-order valence-corrected chi connectivity index (χ3v) is 8.56. The third-order valence-electron chi connectivity index (χ3n) is 6.18. The molecule has 0 radical (unpaired) electrons. The van der Waals surface area contributed by atoms with E-state index in [0.29, 0.717) is 11.4 Å². The van der Waals surface area contributed by atoms with Crippen LogP contribution in [-0.2, 0) is 10.0 Å². The number of benzene rings is 3. The first-order valence-electron chi connectivity index (χ1n) is 10.5. The Morgan fingerprint density at radius 3 is 2.41 bits per heavy atom. The van der Waals surface area contributed by atoms with Gasteiger partial charge in [0.1, 0.15) is 0 Å². The highest BCUT2D eigenvalue weighted by atomic mass is 79.9. The number of fused-ring (bicyclic) bond motifs is 3. The largest absolute Gasteiger partial charge is 0.357 e. The van der Waals surface area contributed by atoms with Gasteiger partial charge in [-0.05, 0) is 48.4 Å². The van der Waals surface area contributed by atoms with Crippen molar-refractivity contribution in [3.8, 4) is 0 Å². The summed E-state index contributed by atoms with van der Waals surface area (Å²) >= 11 is 3.50. The van der Waals surface area contributed by atoms with Crippen molar-refractivity contribution in [2.45, 2.75) is 23.8 Å². The lowest BCUT2D eigenvalue weighted by molar-refractivity contribution is 0.327. The maximum absolute atomic E-state index is 13.9. The number of aryl methyl sites for hydroxylation is 1. The lowest BCUT2D eigenvalue weighted by Crippen LogP contribution is -2.42. The molecule has 162 valence electrons. The second-order valence-corrected chi connectivity index (χ2v) is 11.0. The van der Waals surface area contributed by atoms with E-state index in [1.165, 1.54) is 0 Å². The van der Waals surface area contributed by atoms with Crippen molar-refractivity contribution < 1.29 is 8.42 Å². The first-order chi connectivity index (χ1) is 15.4. The summed E-state index contributed by atoms with van der Waals surface area (Å²) in [6, 6.07) is 22.6. The minimum absolute atomic E-state index is 0.118. The number of halogens is 1. The summed E-state index contributed by atoms with van der Waals surface area (Å²) in [6.45, 7) is 6.32. The standard InChI is InChI=1S/C26H23BrN2O2S/c1-3-18-16-29(32(30,31)21-14-8-17(2)9-15-21)26(19-10-12-20(27)13-11-19)25-24(18)22-6-4-5-7-23(22)28-25/h3-15,18,26,28H,1,16H2,2H3/t18-,26-/m0/s1. The van der Waals surface area contributed by atoms with E-state index in [0.717, 1.165) is 37.8 Å². The van der Waals surface area contributed by atoms with Gasteiger partial charge in [-0.1, -0.05) is 70.0 Å². The number of para-hydroxylation sites is 1. The molecule has 1 aliphatic heterocycles. The molecule has 4 nitrogen and oxygen atoms in total. The number of aromatic nitrogens is 1. The molecule has 4 aromatic rings. The van der Waals surface area contributed by atoms with E-state index in [2.05, 4.69) is 33.6 Å². The van der Waals surface area contributed by atoms with Gasteiger partial charge in [0.05, 0.1) is 10.9 Å². The Labute approximate surface area is 196 Å². The summed E-state index contributed by atoms with van der Waals surface area (Å²) in [5.41, 5.74) is 4.97. The summed E-state index contributed by atoms with van der Waals surface area (Å²) in [7, 11) is -3.76. The van der Waals surface area contributed by atoms with Crippen LogP contribution in [0.2, 0.25) is 0 Å². The van der Waals surface area contributed by atoms with Gasteiger partial charge in [-0.2, -0.15) is 4.31 Å². The molecule has 0 bridgehead atoms. The van der Waals surface area contributed by atoms with Crippen LogP contribution in [0, 0.1) is 6.92 Å². The molecule has 3 aromatic carbocycles. The Hall–Kier alpha value is -2.67. The van der Waals surface area contributed by atoms with Crippen LogP contribution in [0.4, 0.5) is 0 Å². The number of hydrogen-bond donors (Lipinski definition) is 1. The fourth-order valence-electron chi connectivity index (χ4n) is 4.59. The molecule has 0 fully saturated rings. The zero-order valence-electron chi connectivity index (χ0n) is 17.6. The molecule has 2 heterocycles. The fraction of sp³-hybridized carbons (Fsp3) is 0.154. The number of nitrogens with zero attached hydrogens (tertiary/aromatic N) is 1. The van der Waals surface area contributed by atoms with Crippen molar-refractivity contribution >= 4 is 36.9 Å². The first-order valence-corrected chi connectivity index (χ1v) is 12.7. The second-order valence-electron chi connectivity index (χ2n) is 8.18. The molecule has 0 saturated heterocycles. The summed E-state index contributed by atoms with van der Waals surface area (Å²) in [5.74, 6) is -0.118. The fourth-order valence-corrected chi connectivity index (χ4v) is 6.46. The maximum atomic E-state index is 13.9. The van der Waals surface area contributed by atoms with Crippen molar-refractivity contribution in [2.75, 3.05) is 6.54 Å². The highest BCUT2D eigenvalue weighted by Crippen LogP contribution is 2.45. The van der Waals surface area contributed by atoms with Crippen molar-refractivity contribution in [1.29, 1.82) is 0 Å². The highest BCUT2D eigenvalue weighted by Gasteiger charge is 2.42. The maximum Gasteiger partial charge on any atom is 0.244 e. The van der Waals surface area contributed by atoms with Crippen molar-refractivity contribution in [3.63, 3.8) is 0 Å². The molecule has 2 atom stereocenters. The lowest BCUT2D eigenvalue weighted by atomic mass is 9.87. The predicted molar refractivity (Wildman–Crippen MR) is 132 cm³/mol. The Kier molecular flexibility index (Phi) is 5.32. The summed E-state index contributed by atoms with van der Waals surface area (Å²) in [5, 5.41) is 1.11. The Morgan fingerprint density at radius 2 is 1.72 bits per heavy atom. The highest BCUT2D eigenvalue weighted by molar-refractivity contribution is 9.10. The predicted octanol–water partition coefficient (Wildman–Crippen LogP) is 6.30. The normalized spacial score (nSPS) is 19.1. The van der Waals surface area contributed by atoms with Gasteiger partial charge in [-0.15, -0.1) is 6.58 Å². The van der Waals surface area contributed by atoms with Crippen LogP contribution < -0.4 is 0 Å². The summed E-state index contributed by atoms with van der Waals surface area (Å²) in [6.07, 6.45) is 1.86. The van der Waals surface area contributed by atoms with Gasteiger partial charge in [0.25, 0.3) is 0 Å².